The van der Waals surface area contributed by atoms with Gasteiger partial charge in [-0.15, -0.1) is 0 Å². The molecule has 5 heteroatoms. The van der Waals surface area contributed by atoms with Crippen LogP contribution in [0.15, 0.2) is 34.0 Å². The van der Waals surface area contributed by atoms with E-state index in [0.717, 1.165) is 49.5 Å². The molecule has 26 heavy (non-hydrogen) atoms. The van der Waals surface area contributed by atoms with Crippen LogP contribution in [0.2, 0.25) is 0 Å². The molecule has 142 valence electrons. The first-order valence-corrected chi connectivity index (χ1v) is 9.79. The summed E-state index contributed by atoms with van der Waals surface area (Å²) in [6.07, 6.45) is 10.1. The van der Waals surface area contributed by atoms with Crippen molar-refractivity contribution >= 4 is 12.1 Å². The number of likely N-dealkylation sites (tertiary alicyclic amines) is 1. The number of aliphatic imine (C=N–C) groups is 2. The Balaban J connectivity index is 2.50. The Bertz CT molecular complexity index is 675. The van der Waals surface area contributed by atoms with Gasteiger partial charge < -0.3 is 10.6 Å². The molecule has 1 unspecified atom stereocenters. The van der Waals surface area contributed by atoms with Crippen molar-refractivity contribution in [3.05, 3.63) is 41.0 Å². The van der Waals surface area contributed by atoms with Crippen molar-refractivity contribution in [2.75, 3.05) is 13.6 Å². The molecule has 1 aliphatic rings. The van der Waals surface area contributed by atoms with Crippen LogP contribution in [-0.2, 0) is 12.8 Å². The third kappa shape index (κ3) is 4.93. The summed E-state index contributed by atoms with van der Waals surface area (Å²) in [6, 6.07) is 4.73. The lowest BCUT2D eigenvalue weighted by atomic mass is 9.97. The zero-order valence-electron chi connectivity index (χ0n) is 16.7. The van der Waals surface area contributed by atoms with E-state index in [1.807, 2.05) is 13.0 Å². The van der Waals surface area contributed by atoms with Gasteiger partial charge in [-0.3, -0.25) is 9.98 Å². The molecule has 0 saturated carbocycles. The lowest BCUT2D eigenvalue weighted by Crippen LogP contribution is -2.29. The van der Waals surface area contributed by atoms with E-state index in [1.54, 1.807) is 7.05 Å². The third-order valence-electron chi connectivity index (χ3n) is 5.07. The van der Waals surface area contributed by atoms with Crippen molar-refractivity contribution < 1.29 is 0 Å². The van der Waals surface area contributed by atoms with Crippen LogP contribution in [0.3, 0.4) is 0 Å². The van der Waals surface area contributed by atoms with Gasteiger partial charge in [0, 0.05) is 36.8 Å². The van der Waals surface area contributed by atoms with Crippen molar-refractivity contribution in [1.82, 2.24) is 9.88 Å². The number of nitrogens with two attached hydrogens (primary N) is 1. The largest absolute Gasteiger partial charge is 0.390 e. The zero-order chi connectivity index (χ0) is 18.9. The molecule has 1 atom stereocenters. The second kappa shape index (κ2) is 10.1. The summed E-state index contributed by atoms with van der Waals surface area (Å²) in [4.78, 5) is 16.0. The molecule has 0 aromatic carbocycles. The van der Waals surface area contributed by atoms with Crippen molar-refractivity contribution in [2.45, 2.75) is 65.3 Å². The predicted molar refractivity (Wildman–Crippen MR) is 111 cm³/mol. The quantitative estimate of drug-likeness (QED) is 0.618. The van der Waals surface area contributed by atoms with E-state index in [-0.39, 0.29) is 6.04 Å². The highest BCUT2D eigenvalue weighted by atomic mass is 15.2. The number of nitrogens with zero attached hydrogens (tertiary/aromatic N) is 4. The van der Waals surface area contributed by atoms with Gasteiger partial charge in [-0.1, -0.05) is 32.8 Å². The van der Waals surface area contributed by atoms with E-state index in [2.05, 4.69) is 40.9 Å². The SMILES string of the molecule is CCc1ccc(C2CCCCCN2/C(=C/C(C)=NC)N=CN)c(CC)n1. The molecular formula is C21H33N5. The van der Waals surface area contributed by atoms with Crippen LogP contribution >= 0.6 is 0 Å². The van der Waals surface area contributed by atoms with Gasteiger partial charge in [0.05, 0.1) is 12.4 Å². The Kier molecular flexibility index (Phi) is 7.82. The maximum atomic E-state index is 5.66. The van der Waals surface area contributed by atoms with Gasteiger partial charge in [0.1, 0.15) is 5.82 Å². The van der Waals surface area contributed by atoms with Gasteiger partial charge in [0.25, 0.3) is 0 Å². The Morgan fingerprint density at radius 2 is 2.08 bits per heavy atom. The Hall–Kier alpha value is -2.17. The fraction of sp³-hybridized carbons (Fsp3) is 0.571. The number of hydrogen-bond acceptors (Lipinski definition) is 4. The van der Waals surface area contributed by atoms with Crippen LogP contribution in [-0.4, -0.2) is 35.5 Å². The summed E-state index contributed by atoms with van der Waals surface area (Å²) < 4.78 is 0. The Morgan fingerprint density at radius 3 is 2.73 bits per heavy atom. The van der Waals surface area contributed by atoms with Gasteiger partial charge >= 0.3 is 0 Å². The van der Waals surface area contributed by atoms with Crippen molar-refractivity contribution in [3.63, 3.8) is 0 Å². The molecule has 0 radical (unpaired) electrons. The van der Waals surface area contributed by atoms with E-state index in [1.165, 1.54) is 30.4 Å². The van der Waals surface area contributed by atoms with Crippen LogP contribution in [0.25, 0.3) is 0 Å². The number of allylic oxidation sites excluding steroid dienone is 1. The molecule has 0 spiro atoms. The molecule has 2 heterocycles. The lowest BCUT2D eigenvalue weighted by Gasteiger charge is -2.33. The molecule has 0 amide bonds. The number of pyridine rings is 1. The summed E-state index contributed by atoms with van der Waals surface area (Å²) in [5, 5.41) is 0. The number of hydrogen-bond donors (Lipinski definition) is 1. The van der Waals surface area contributed by atoms with E-state index in [4.69, 9.17) is 10.7 Å². The Labute approximate surface area is 158 Å². The van der Waals surface area contributed by atoms with Gasteiger partial charge in [-0.05, 0) is 44.2 Å². The first-order chi connectivity index (χ1) is 12.6. The highest BCUT2D eigenvalue weighted by Crippen LogP contribution is 2.35. The van der Waals surface area contributed by atoms with Gasteiger partial charge in [0.2, 0.25) is 0 Å². The lowest BCUT2D eigenvalue weighted by molar-refractivity contribution is 0.256. The van der Waals surface area contributed by atoms with E-state index in [0.29, 0.717) is 0 Å². The smallest absolute Gasteiger partial charge is 0.132 e. The van der Waals surface area contributed by atoms with Crippen molar-refractivity contribution in [1.29, 1.82) is 0 Å². The summed E-state index contributed by atoms with van der Waals surface area (Å²) in [5.74, 6) is 0.893. The van der Waals surface area contributed by atoms with Crippen molar-refractivity contribution in [2.24, 2.45) is 15.7 Å². The second-order valence-electron chi connectivity index (χ2n) is 6.75. The fourth-order valence-electron chi connectivity index (χ4n) is 3.57. The zero-order valence-corrected chi connectivity index (χ0v) is 16.7. The summed E-state index contributed by atoms with van der Waals surface area (Å²) in [5.41, 5.74) is 10.3. The number of aryl methyl sites for hydroxylation is 2. The summed E-state index contributed by atoms with van der Waals surface area (Å²) in [6.45, 7) is 7.31. The van der Waals surface area contributed by atoms with Crippen LogP contribution in [0.5, 0.6) is 0 Å². The minimum absolute atomic E-state index is 0.283. The van der Waals surface area contributed by atoms with Crippen LogP contribution < -0.4 is 5.73 Å². The molecule has 1 fully saturated rings. The minimum Gasteiger partial charge on any atom is -0.390 e. The van der Waals surface area contributed by atoms with E-state index < -0.39 is 0 Å². The molecule has 1 aromatic heterocycles. The second-order valence-corrected chi connectivity index (χ2v) is 6.75. The third-order valence-corrected chi connectivity index (χ3v) is 5.07. The van der Waals surface area contributed by atoms with Gasteiger partial charge in [-0.25, -0.2) is 4.99 Å². The molecule has 0 bridgehead atoms. The molecule has 1 aliphatic heterocycles. The van der Waals surface area contributed by atoms with Crippen LogP contribution in [0, 0.1) is 0 Å². The molecule has 2 N–H and O–H groups in total. The highest BCUT2D eigenvalue weighted by Gasteiger charge is 2.26. The van der Waals surface area contributed by atoms with Crippen LogP contribution in [0.4, 0.5) is 0 Å². The average Bonchev–Trinajstić information content (AvgIpc) is 2.92. The predicted octanol–water partition coefficient (Wildman–Crippen LogP) is 4.04. The molecule has 0 aliphatic carbocycles. The maximum absolute atomic E-state index is 5.66. The topological polar surface area (TPSA) is 66.9 Å². The van der Waals surface area contributed by atoms with E-state index in [9.17, 15) is 0 Å². The highest BCUT2D eigenvalue weighted by molar-refractivity contribution is 5.93. The molecule has 2 rings (SSSR count). The average molecular weight is 356 g/mol. The fourth-order valence-corrected chi connectivity index (χ4v) is 3.57. The van der Waals surface area contributed by atoms with E-state index >= 15 is 0 Å². The minimum atomic E-state index is 0.283. The molecule has 1 aromatic rings. The molecule has 1 saturated heterocycles. The summed E-state index contributed by atoms with van der Waals surface area (Å²) in [7, 11) is 1.80. The van der Waals surface area contributed by atoms with Crippen molar-refractivity contribution in [3.8, 4) is 0 Å². The normalized spacial score (nSPS) is 19.8. The Morgan fingerprint density at radius 1 is 1.27 bits per heavy atom. The molecular weight excluding hydrogens is 322 g/mol. The first kappa shape index (κ1) is 20.1. The van der Waals surface area contributed by atoms with Gasteiger partial charge in [0.15, 0.2) is 0 Å². The standard InChI is InChI=1S/C21H33N5/c1-5-17-11-12-18(19(6-2)25-17)20-10-8-7-9-13-26(20)21(24-15-22)14-16(3)23-4/h11-12,14-15,20H,5-10,13H2,1-4H3,(H2,22,24)/b21-14+,23-16?. The van der Waals surface area contributed by atoms with Gasteiger partial charge in [-0.2, -0.15) is 0 Å². The number of rotatable bonds is 6. The maximum Gasteiger partial charge on any atom is 0.132 e. The first-order valence-electron chi connectivity index (χ1n) is 9.79. The molecule has 5 nitrogen and oxygen atoms in total. The number of aromatic nitrogens is 1. The summed E-state index contributed by atoms with van der Waals surface area (Å²) >= 11 is 0. The monoisotopic (exact) mass is 355 g/mol. The van der Waals surface area contributed by atoms with Crippen LogP contribution in [0.1, 0.15) is 69.4 Å².